The molecule has 0 saturated heterocycles. The Morgan fingerprint density at radius 1 is 0.818 bits per heavy atom. The molecular weight excluding hydrogens is 440 g/mol. The molecule has 0 bridgehead atoms. The first-order valence-electron chi connectivity index (χ1n) is 10.4. The maximum atomic E-state index is 12.6. The molecule has 3 rings (SSSR count). The summed E-state index contributed by atoms with van der Waals surface area (Å²) in [6, 6.07) is 12.9. The number of carbonyl (C=O) groups is 2. The molecule has 1 aromatic heterocycles. The number of Topliss-reactive ketones (excluding diaryl/α,β-unsaturated/α-hetero) is 1. The van der Waals surface area contributed by atoms with E-state index in [1.807, 2.05) is 26.0 Å². The lowest BCUT2D eigenvalue weighted by molar-refractivity contribution is -0.116. The van der Waals surface area contributed by atoms with Gasteiger partial charge in [0.15, 0.2) is 5.78 Å². The predicted molar refractivity (Wildman–Crippen MR) is 127 cm³/mol. The second-order valence-corrected chi connectivity index (χ2v) is 9.56. The molecule has 8 nitrogen and oxygen atoms in total. The number of anilines is 2. The molecule has 33 heavy (non-hydrogen) atoms. The summed E-state index contributed by atoms with van der Waals surface area (Å²) in [7, 11) is -3.88. The first-order valence-corrected chi connectivity index (χ1v) is 11.9. The predicted octanol–water partition coefficient (Wildman–Crippen LogP) is 4.11. The third-order valence-electron chi connectivity index (χ3n) is 5.06. The Morgan fingerprint density at radius 3 is 2.06 bits per heavy atom. The smallest absolute Gasteiger partial charge is 0.264 e. The molecule has 0 aliphatic rings. The normalized spacial score (nSPS) is 11.2. The van der Waals surface area contributed by atoms with Crippen LogP contribution < -0.4 is 10.0 Å². The lowest BCUT2D eigenvalue weighted by Crippen LogP contribution is -2.16. The van der Waals surface area contributed by atoms with Crippen molar-refractivity contribution in [3.8, 4) is 0 Å². The number of rotatable bonds is 8. The van der Waals surface area contributed by atoms with Gasteiger partial charge in [0.05, 0.1) is 4.90 Å². The lowest BCUT2D eigenvalue weighted by Gasteiger charge is -2.09. The van der Waals surface area contributed by atoms with Crippen LogP contribution in [0, 0.1) is 27.7 Å². The van der Waals surface area contributed by atoms with Crippen molar-refractivity contribution in [3.05, 3.63) is 76.6 Å². The molecule has 3 aromatic rings. The molecule has 0 unspecified atom stereocenters. The van der Waals surface area contributed by atoms with Gasteiger partial charge in [-0.05, 0) is 75.2 Å². The first-order chi connectivity index (χ1) is 15.5. The number of amides is 1. The van der Waals surface area contributed by atoms with Crippen molar-refractivity contribution in [3.63, 3.8) is 0 Å². The Balaban J connectivity index is 1.58. The zero-order chi connectivity index (χ0) is 24.2. The van der Waals surface area contributed by atoms with E-state index in [0.29, 0.717) is 22.6 Å². The molecule has 0 aliphatic carbocycles. The van der Waals surface area contributed by atoms with E-state index in [1.54, 1.807) is 26.0 Å². The summed E-state index contributed by atoms with van der Waals surface area (Å²) >= 11 is 0. The van der Waals surface area contributed by atoms with Crippen LogP contribution in [0.15, 0.2) is 53.4 Å². The van der Waals surface area contributed by atoms with Gasteiger partial charge in [-0.25, -0.2) is 23.1 Å². The standard InChI is InChI=1S/C24H26N4O4S/c1-15-5-6-19(13-16(15)2)22(29)11-12-23(30)27-20-7-9-21(10-8-20)33(31,32)28-24-25-17(3)14-18(4)26-24/h5-10,13-14H,11-12H2,1-4H3,(H,27,30)(H,25,26,28). The molecule has 1 amide bonds. The third-order valence-corrected chi connectivity index (χ3v) is 6.41. The monoisotopic (exact) mass is 466 g/mol. The molecule has 1 heterocycles. The van der Waals surface area contributed by atoms with E-state index in [0.717, 1.165) is 11.1 Å². The van der Waals surface area contributed by atoms with Gasteiger partial charge in [0, 0.05) is 35.5 Å². The molecule has 0 saturated carbocycles. The number of ketones is 1. The highest BCUT2D eigenvalue weighted by Gasteiger charge is 2.17. The molecule has 0 spiro atoms. The molecule has 0 atom stereocenters. The van der Waals surface area contributed by atoms with Crippen LogP contribution in [0.5, 0.6) is 0 Å². The quantitative estimate of drug-likeness (QED) is 0.482. The SMILES string of the molecule is Cc1cc(C)nc(NS(=O)(=O)c2ccc(NC(=O)CCC(=O)c3ccc(C)c(C)c3)cc2)n1. The number of hydrogen-bond acceptors (Lipinski definition) is 6. The number of sulfonamides is 1. The summed E-state index contributed by atoms with van der Waals surface area (Å²) in [6.45, 7) is 7.41. The van der Waals surface area contributed by atoms with E-state index in [2.05, 4.69) is 20.0 Å². The fraction of sp³-hybridized carbons (Fsp3) is 0.250. The van der Waals surface area contributed by atoms with Crippen LogP contribution in [0.1, 0.15) is 45.7 Å². The second-order valence-electron chi connectivity index (χ2n) is 7.87. The van der Waals surface area contributed by atoms with Gasteiger partial charge < -0.3 is 5.32 Å². The van der Waals surface area contributed by atoms with Crippen molar-refractivity contribution in [2.75, 3.05) is 10.0 Å². The van der Waals surface area contributed by atoms with Crippen LogP contribution >= 0.6 is 0 Å². The Bertz CT molecular complexity index is 1280. The van der Waals surface area contributed by atoms with Crippen molar-refractivity contribution in [1.29, 1.82) is 0 Å². The summed E-state index contributed by atoms with van der Waals surface area (Å²) in [5.41, 5.74) is 4.44. The average molecular weight is 467 g/mol. The first kappa shape index (κ1) is 24.1. The summed E-state index contributed by atoms with van der Waals surface area (Å²) < 4.78 is 27.6. The molecule has 9 heteroatoms. The molecule has 0 radical (unpaired) electrons. The highest BCUT2D eigenvalue weighted by atomic mass is 32.2. The van der Waals surface area contributed by atoms with Crippen molar-refractivity contribution in [2.24, 2.45) is 0 Å². The topological polar surface area (TPSA) is 118 Å². The fourth-order valence-corrected chi connectivity index (χ4v) is 4.12. The second kappa shape index (κ2) is 9.91. The van der Waals surface area contributed by atoms with Crippen LogP contribution in [0.4, 0.5) is 11.6 Å². The van der Waals surface area contributed by atoms with E-state index in [1.165, 1.54) is 24.3 Å². The minimum absolute atomic E-state index is 0.00156. The number of hydrogen-bond donors (Lipinski definition) is 2. The van der Waals surface area contributed by atoms with Gasteiger partial charge in [-0.2, -0.15) is 0 Å². The van der Waals surface area contributed by atoms with E-state index in [4.69, 9.17) is 0 Å². The van der Waals surface area contributed by atoms with Crippen molar-refractivity contribution in [1.82, 2.24) is 9.97 Å². The number of nitrogens with one attached hydrogen (secondary N) is 2. The molecule has 2 aromatic carbocycles. The molecule has 2 N–H and O–H groups in total. The largest absolute Gasteiger partial charge is 0.326 e. The van der Waals surface area contributed by atoms with Gasteiger partial charge in [0.2, 0.25) is 11.9 Å². The molecular formula is C24H26N4O4S. The van der Waals surface area contributed by atoms with E-state index < -0.39 is 10.0 Å². The summed E-state index contributed by atoms with van der Waals surface area (Å²) in [4.78, 5) is 32.8. The van der Waals surface area contributed by atoms with Crippen molar-refractivity contribution in [2.45, 2.75) is 45.4 Å². The third kappa shape index (κ3) is 6.45. The maximum absolute atomic E-state index is 12.6. The number of aromatic nitrogens is 2. The average Bonchev–Trinajstić information content (AvgIpc) is 2.73. The summed E-state index contributed by atoms with van der Waals surface area (Å²) in [5, 5.41) is 2.68. The number of aryl methyl sites for hydroxylation is 4. The minimum Gasteiger partial charge on any atom is -0.326 e. The highest BCUT2D eigenvalue weighted by molar-refractivity contribution is 7.92. The van der Waals surface area contributed by atoms with Crippen molar-refractivity contribution < 1.29 is 18.0 Å². The van der Waals surface area contributed by atoms with Crippen molar-refractivity contribution >= 4 is 33.3 Å². The summed E-state index contributed by atoms with van der Waals surface area (Å²) in [5.74, 6) is -0.433. The van der Waals surface area contributed by atoms with Gasteiger partial charge in [-0.15, -0.1) is 0 Å². The van der Waals surface area contributed by atoms with Crippen LogP contribution in [0.3, 0.4) is 0 Å². The number of benzene rings is 2. The van der Waals surface area contributed by atoms with Gasteiger partial charge in [0.25, 0.3) is 10.0 Å². The zero-order valence-electron chi connectivity index (χ0n) is 19.0. The van der Waals surface area contributed by atoms with E-state index >= 15 is 0 Å². The van der Waals surface area contributed by atoms with Gasteiger partial charge in [-0.1, -0.05) is 12.1 Å². The number of nitrogens with zero attached hydrogens (tertiary/aromatic N) is 2. The van der Waals surface area contributed by atoms with E-state index in [-0.39, 0.29) is 35.4 Å². The maximum Gasteiger partial charge on any atom is 0.264 e. The minimum atomic E-state index is -3.88. The molecule has 172 valence electrons. The van der Waals surface area contributed by atoms with Gasteiger partial charge in [0.1, 0.15) is 0 Å². The Labute approximate surface area is 193 Å². The molecule has 0 aliphatic heterocycles. The van der Waals surface area contributed by atoms with E-state index in [9.17, 15) is 18.0 Å². The van der Waals surface area contributed by atoms with Crippen LogP contribution in [0.25, 0.3) is 0 Å². The lowest BCUT2D eigenvalue weighted by atomic mass is 10.0. The van der Waals surface area contributed by atoms with Gasteiger partial charge >= 0.3 is 0 Å². The van der Waals surface area contributed by atoms with Crippen LogP contribution in [-0.2, 0) is 14.8 Å². The Morgan fingerprint density at radius 2 is 1.45 bits per heavy atom. The number of carbonyl (C=O) groups excluding carboxylic acids is 2. The van der Waals surface area contributed by atoms with Gasteiger partial charge in [-0.3, -0.25) is 9.59 Å². The summed E-state index contributed by atoms with van der Waals surface area (Å²) in [6.07, 6.45) is 0.109. The molecule has 0 fully saturated rings. The Hall–Kier alpha value is -3.59. The fourth-order valence-electron chi connectivity index (χ4n) is 3.18. The van der Waals surface area contributed by atoms with Crippen LogP contribution in [-0.4, -0.2) is 30.1 Å². The van der Waals surface area contributed by atoms with Crippen LogP contribution in [0.2, 0.25) is 0 Å². The zero-order valence-corrected chi connectivity index (χ0v) is 19.8. The Kier molecular flexibility index (Phi) is 7.23. The highest BCUT2D eigenvalue weighted by Crippen LogP contribution is 2.18.